The molecule has 0 amide bonds. The number of benzene rings is 2. The SMILES string of the molecule is Cn1c(=O)oc2cc(S(=O)(=O)NC3CCOc4ccccc43)ccc21. The molecule has 0 aliphatic carbocycles. The molecule has 0 radical (unpaired) electrons. The predicted octanol–water partition coefficient (Wildman–Crippen LogP) is 1.93. The summed E-state index contributed by atoms with van der Waals surface area (Å²) in [6.07, 6.45) is 0.541. The molecule has 2 aromatic carbocycles. The lowest BCUT2D eigenvalue weighted by Crippen LogP contribution is -2.32. The summed E-state index contributed by atoms with van der Waals surface area (Å²) in [5.41, 5.74) is 1.59. The Bertz CT molecular complexity index is 1110. The number of para-hydroxylation sites is 1. The molecule has 3 aromatic rings. The van der Waals surface area contributed by atoms with Gasteiger partial charge in [-0.05, 0) is 18.2 Å². The van der Waals surface area contributed by atoms with Crippen LogP contribution in [0.4, 0.5) is 0 Å². The maximum Gasteiger partial charge on any atom is 0.419 e. The van der Waals surface area contributed by atoms with Crippen molar-refractivity contribution < 1.29 is 17.6 Å². The van der Waals surface area contributed by atoms with Crippen LogP contribution in [0.3, 0.4) is 0 Å². The van der Waals surface area contributed by atoms with Gasteiger partial charge in [0.2, 0.25) is 10.0 Å². The number of rotatable bonds is 3. The first-order chi connectivity index (χ1) is 12.0. The molecule has 4 rings (SSSR count). The van der Waals surface area contributed by atoms with E-state index < -0.39 is 15.8 Å². The van der Waals surface area contributed by atoms with E-state index in [0.29, 0.717) is 24.3 Å². The Labute approximate surface area is 143 Å². The summed E-state index contributed by atoms with van der Waals surface area (Å²) in [6.45, 7) is 0.441. The second-order valence-electron chi connectivity index (χ2n) is 5.91. The van der Waals surface area contributed by atoms with Crippen molar-refractivity contribution in [3.63, 3.8) is 0 Å². The molecular formula is C17H16N2O5S. The highest BCUT2D eigenvalue weighted by Gasteiger charge is 2.27. The van der Waals surface area contributed by atoms with Crippen molar-refractivity contribution in [1.82, 2.24) is 9.29 Å². The molecular weight excluding hydrogens is 344 g/mol. The van der Waals surface area contributed by atoms with Gasteiger partial charge < -0.3 is 9.15 Å². The largest absolute Gasteiger partial charge is 0.493 e. The summed E-state index contributed by atoms with van der Waals surface area (Å²) < 4.78 is 40.2. The molecule has 0 bridgehead atoms. The van der Waals surface area contributed by atoms with E-state index in [-0.39, 0.29) is 16.5 Å². The number of nitrogens with one attached hydrogen (secondary N) is 1. The lowest BCUT2D eigenvalue weighted by Gasteiger charge is -2.26. The summed E-state index contributed by atoms with van der Waals surface area (Å²) in [6, 6.07) is 11.4. The molecule has 7 nitrogen and oxygen atoms in total. The maximum absolute atomic E-state index is 12.8. The van der Waals surface area contributed by atoms with Gasteiger partial charge in [0.25, 0.3) is 0 Å². The number of aromatic nitrogens is 1. The third-order valence-electron chi connectivity index (χ3n) is 4.33. The zero-order chi connectivity index (χ0) is 17.6. The van der Waals surface area contributed by atoms with Gasteiger partial charge in [0.15, 0.2) is 5.58 Å². The van der Waals surface area contributed by atoms with Crippen molar-refractivity contribution in [3.05, 3.63) is 58.6 Å². The number of fused-ring (bicyclic) bond motifs is 2. The van der Waals surface area contributed by atoms with Gasteiger partial charge in [-0.2, -0.15) is 0 Å². The average molecular weight is 360 g/mol. The Hall–Kier alpha value is -2.58. The van der Waals surface area contributed by atoms with E-state index >= 15 is 0 Å². The molecule has 0 saturated carbocycles. The minimum atomic E-state index is -3.77. The minimum absolute atomic E-state index is 0.0540. The average Bonchev–Trinajstić information content (AvgIpc) is 2.89. The van der Waals surface area contributed by atoms with Gasteiger partial charge in [0, 0.05) is 25.1 Å². The number of sulfonamides is 1. The molecule has 8 heteroatoms. The Morgan fingerprint density at radius 3 is 2.84 bits per heavy atom. The summed E-state index contributed by atoms with van der Waals surface area (Å²) in [4.78, 5) is 11.6. The Balaban J connectivity index is 1.70. The van der Waals surface area contributed by atoms with Crippen LogP contribution in [0.2, 0.25) is 0 Å². The number of hydrogen-bond acceptors (Lipinski definition) is 5. The fourth-order valence-corrected chi connectivity index (χ4v) is 4.27. The van der Waals surface area contributed by atoms with Crippen molar-refractivity contribution in [2.75, 3.05) is 6.61 Å². The van der Waals surface area contributed by atoms with E-state index in [2.05, 4.69) is 4.72 Å². The van der Waals surface area contributed by atoms with Gasteiger partial charge in [-0.3, -0.25) is 4.57 Å². The van der Waals surface area contributed by atoms with E-state index in [4.69, 9.17) is 9.15 Å². The van der Waals surface area contributed by atoms with Gasteiger partial charge in [-0.1, -0.05) is 18.2 Å². The van der Waals surface area contributed by atoms with Gasteiger partial charge in [-0.25, -0.2) is 17.9 Å². The van der Waals surface area contributed by atoms with Crippen molar-refractivity contribution in [3.8, 4) is 5.75 Å². The quantitative estimate of drug-likeness (QED) is 0.771. The third kappa shape index (κ3) is 2.73. The minimum Gasteiger partial charge on any atom is -0.493 e. The number of aryl methyl sites for hydroxylation is 1. The summed E-state index contributed by atoms with van der Waals surface area (Å²) in [5.74, 6) is 0.154. The highest BCUT2D eigenvalue weighted by molar-refractivity contribution is 7.89. The lowest BCUT2D eigenvalue weighted by molar-refractivity contribution is 0.263. The Morgan fingerprint density at radius 2 is 2.00 bits per heavy atom. The van der Waals surface area contributed by atoms with E-state index in [9.17, 15) is 13.2 Å². The fraction of sp³-hybridized carbons (Fsp3) is 0.235. The van der Waals surface area contributed by atoms with Crippen LogP contribution in [-0.2, 0) is 17.1 Å². The maximum atomic E-state index is 12.8. The molecule has 0 saturated heterocycles. The molecule has 2 heterocycles. The van der Waals surface area contributed by atoms with Crippen LogP contribution in [0.25, 0.3) is 11.1 Å². The zero-order valence-corrected chi connectivity index (χ0v) is 14.2. The first kappa shape index (κ1) is 15.9. The standard InChI is InChI=1S/C17H16N2O5S/c1-19-14-7-6-11(10-16(14)24-17(19)20)25(21,22)18-13-8-9-23-15-5-3-2-4-12(13)15/h2-7,10,13,18H,8-9H2,1H3. The molecule has 0 spiro atoms. The van der Waals surface area contributed by atoms with Crippen LogP contribution < -0.4 is 15.2 Å². The topological polar surface area (TPSA) is 90.5 Å². The molecule has 25 heavy (non-hydrogen) atoms. The van der Waals surface area contributed by atoms with Gasteiger partial charge in [-0.15, -0.1) is 0 Å². The summed E-state index contributed by atoms with van der Waals surface area (Å²) in [7, 11) is -2.21. The molecule has 1 aliphatic heterocycles. The van der Waals surface area contributed by atoms with Crippen molar-refractivity contribution >= 4 is 21.1 Å². The number of ether oxygens (including phenoxy) is 1. The highest BCUT2D eigenvalue weighted by atomic mass is 32.2. The summed E-state index contributed by atoms with van der Waals surface area (Å²) in [5, 5.41) is 0. The molecule has 130 valence electrons. The van der Waals surface area contributed by atoms with E-state index in [0.717, 1.165) is 5.56 Å². The number of hydrogen-bond donors (Lipinski definition) is 1. The monoisotopic (exact) mass is 360 g/mol. The first-order valence-corrected chi connectivity index (χ1v) is 9.28. The van der Waals surface area contributed by atoms with Crippen LogP contribution >= 0.6 is 0 Å². The molecule has 0 fully saturated rings. The molecule has 1 N–H and O–H groups in total. The highest BCUT2D eigenvalue weighted by Crippen LogP contribution is 2.32. The van der Waals surface area contributed by atoms with Crippen molar-refractivity contribution in [2.24, 2.45) is 7.05 Å². The van der Waals surface area contributed by atoms with E-state index in [1.807, 2.05) is 24.3 Å². The van der Waals surface area contributed by atoms with Gasteiger partial charge >= 0.3 is 5.76 Å². The number of nitrogens with zero attached hydrogens (tertiary/aromatic N) is 1. The predicted molar refractivity (Wildman–Crippen MR) is 91.1 cm³/mol. The second-order valence-corrected chi connectivity index (χ2v) is 7.62. The van der Waals surface area contributed by atoms with Crippen LogP contribution in [0.1, 0.15) is 18.0 Å². The van der Waals surface area contributed by atoms with Crippen LogP contribution in [0.5, 0.6) is 5.75 Å². The van der Waals surface area contributed by atoms with Crippen LogP contribution in [0, 0.1) is 0 Å². The Morgan fingerprint density at radius 1 is 1.20 bits per heavy atom. The fourth-order valence-electron chi connectivity index (χ4n) is 3.00. The van der Waals surface area contributed by atoms with Crippen LogP contribution in [0.15, 0.2) is 56.6 Å². The van der Waals surface area contributed by atoms with Gasteiger partial charge in [0.1, 0.15) is 5.75 Å². The lowest BCUT2D eigenvalue weighted by atomic mass is 10.0. The normalized spacial score (nSPS) is 17.2. The second kappa shape index (κ2) is 5.75. The molecule has 1 unspecified atom stereocenters. The first-order valence-electron chi connectivity index (χ1n) is 7.79. The summed E-state index contributed by atoms with van der Waals surface area (Å²) >= 11 is 0. The van der Waals surface area contributed by atoms with E-state index in [1.54, 1.807) is 13.1 Å². The Kier molecular flexibility index (Phi) is 3.66. The number of oxazole rings is 1. The molecule has 1 aliphatic rings. The van der Waals surface area contributed by atoms with E-state index in [1.165, 1.54) is 16.7 Å². The molecule has 1 aromatic heterocycles. The molecule has 1 atom stereocenters. The zero-order valence-electron chi connectivity index (χ0n) is 13.4. The van der Waals surface area contributed by atoms with Crippen molar-refractivity contribution in [2.45, 2.75) is 17.4 Å². The van der Waals surface area contributed by atoms with Gasteiger partial charge in [0.05, 0.1) is 23.1 Å². The van der Waals surface area contributed by atoms with Crippen molar-refractivity contribution in [1.29, 1.82) is 0 Å². The van der Waals surface area contributed by atoms with Crippen LogP contribution in [-0.4, -0.2) is 19.6 Å². The smallest absolute Gasteiger partial charge is 0.419 e. The third-order valence-corrected chi connectivity index (χ3v) is 5.80.